The minimum Gasteiger partial charge on any atom is -0.462 e. The Balaban J connectivity index is 4.05. The van der Waals surface area contributed by atoms with Crippen LogP contribution in [0, 0.1) is 0 Å². The molecule has 0 spiro atoms. The van der Waals surface area contributed by atoms with Gasteiger partial charge in [-0.1, -0.05) is 302 Å². The third kappa shape index (κ3) is 66.2. The predicted octanol–water partition coefficient (Wildman–Crippen LogP) is 23.3. The second kappa shape index (κ2) is 68.1. The monoisotopic (exact) mass is 1120 g/mol. The van der Waals surface area contributed by atoms with Gasteiger partial charge in [0.05, 0.1) is 0 Å². The molecule has 81 heavy (non-hydrogen) atoms. The molecule has 1 atom stereocenters. The van der Waals surface area contributed by atoms with Crippen molar-refractivity contribution in [1.82, 2.24) is 0 Å². The molecule has 6 nitrogen and oxygen atoms in total. The van der Waals surface area contributed by atoms with Crippen LogP contribution in [0.15, 0.2) is 134 Å². The average molecular weight is 1120 g/mol. The van der Waals surface area contributed by atoms with E-state index in [9.17, 15) is 14.4 Å². The van der Waals surface area contributed by atoms with Gasteiger partial charge in [0.1, 0.15) is 13.2 Å². The lowest BCUT2D eigenvalue weighted by Crippen LogP contribution is -2.30. The summed E-state index contributed by atoms with van der Waals surface area (Å²) < 4.78 is 16.8. The van der Waals surface area contributed by atoms with Gasteiger partial charge in [0.2, 0.25) is 0 Å². The van der Waals surface area contributed by atoms with E-state index in [2.05, 4.69) is 154 Å². The molecule has 0 amide bonds. The zero-order valence-corrected chi connectivity index (χ0v) is 52.8. The van der Waals surface area contributed by atoms with Crippen molar-refractivity contribution in [3.05, 3.63) is 134 Å². The summed E-state index contributed by atoms with van der Waals surface area (Å²) >= 11 is 0. The zero-order valence-electron chi connectivity index (χ0n) is 52.8. The van der Waals surface area contributed by atoms with Crippen LogP contribution in [-0.2, 0) is 28.6 Å². The van der Waals surface area contributed by atoms with Crippen molar-refractivity contribution in [2.45, 2.75) is 309 Å². The quantitative estimate of drug-likeness (QED) is 0.0261. The van der Waals surface area contributed by atoms with Crippen LogP contribution < -0.4 is 0 Å². The van der Waals surface area contributed by atoms with Crippen molar-refractivity contribution in [2.24, 2.45) is 0 Å². The summed E-state index contributed by atoms with van der Waals surface area (Å²) in [6.45, 7) is 6.33. The van der Waals surface area contributed by atoms with E-state index in [4.69, 9.17) is 14.2 Å². The van der Waals surface area contributed by atoms with Gasteiger partial charge in [0.15, 0.2) is 6.10 Å². The van der Waals surface area contributed by atoms with Crippen molar-refractivity contribution in [1.29, 1.82) is 0 Å². The summed E-state index contributed by atoms with van der Waals surface area (Å²) in [5, 5.41) is 0. The summed E-state index contributed by atoms with van der Waals surface area (Å²) in [7, 11) is 0. The summed E-state index contributed by atoms with van der Waals surface area (Å²) in [6, 6.07) is 0. The van der Waals surface area contributed by atoms with E-state index in [1.54, 1.807) is 0 Å². The van der Waals surface area contributed by atoms with E-state index >= 15 is 0 Å². The van der Waals surface area contributed by atoms with Crippen LogP contribution in [0.3, 0.4) is 0 Å². The predicted molar refractivity (Wildman–Crippen MR) is 353 cm³/mol. The van der Waals surface area contributed by atoms with E-state index < -0.39 is 6.10 Å². The molecule has 0 aromatic heterocycles. The van der Waals surface area contributed by atoms with Gasteiger partial charge in [-0.25, -0.2) is 0 Å². The molecular weight excluding hydrogens is 997 g/mol. The van der Waals surface area contributed by atoms with Crippen LogP contribution in [0.25, 0.3) is 0 Å². The largest absolute Gasteiger partial charge is 0.462 e. The molecule has 0 aliphatic rings. The fraction of sp³-hybridized carbons (Fsp3) is 0.667. The molecule has 0 N–H and O–H groups in total. The second-order valence-electron chi connectivity index (χ2n) is 22.0. The molecule has 0 saturated carbocycles. The highest BCUT2D eigenvalue weighted by Gasteiger charge is 2.19. The van der Waals surface area contributed by atoms with Crippen LogP contribution >= 0.6 is 0 Å². The maximum Gasteiger partial charge on any atom is 0.306 e. The number of hydrogen-bond donors (Lipinski definition) is 0. The number of esters is 3. The molecule has 0 aromatic carbocycles. The minimum absolute atomic E-state index is 0.0867. The Morgan fingerprint density at radius 1 is 0.259 bits per heavy atom. The number of carbonyl (C=O) groups is 3. The van der Waals surface area contributed by atoms with E-state index in [0.29, 0.717) is 19.3 Å². The summed E-state index contributed by atoms with van der Waals surface area (Å²) in [5.74, 6) is -0.915. The van der Waals surface area contributed by atoms with E-state index in [-0.39, 0.29) is 31.1 Å². The number of carbonyl (C=O) groups excluding carboxylic acids is 3. The Hall–Kier alpha value is -4.45. The first-order valence-electron chi connectivity index (χ1n) is 33.7. The maximum atomic E-state index is 12.8. The Labute approximate surface area is 500 Å². The Morgan fingerprint density at radius 2 is 0.481 bits per heavy atom. The van der Waals surface area contributed by atoms with Gasteiger partial charge >= 0.3 is 17.9 Å². The molecule has 6 heteroatoms. The number of allylic oxidation sites excluding steroid dienone is 22. The van der Waals surface area contributed by atoms with Gasteiger partial charge in [-0.15, -0.1) is 0 Å². The molecule has 0 heterocycles. The lowest BCUT2D eigenvalue weighted by Gasteiger charge is -2.18. The van der Waals surface area contributed by atoms with Crippen LogP contribution in [0.5, 0.6) is 0 Å². The topological polar surface area (TPSA) is 78.9 Å². The van der Waals surface area contributed by atoms with Crippen LogP contribution in [-0.4, -0.2) is 37.2 Å². The first-order valence-corrected chi connectivity index (χ1v) is 33.7. The highest BCUT2D eigenvalue weighted by molar-refractivity contribution is 5.71. The van der Waals surface area contributed by atoms with Crippen molar-refractivity contribution in [2.75, 3.05) is 13.2 Å². The SMILES string of the molecule is CC/C=C\C/C=C\C/C=C\C/C=C\C/C=C\C/C=C\C/C=C\CCCCCCCC(=O)OC(COC(=O)CCCCCCC)COC(=O)CCCCCCCCCCCCCCCCCCCC/C=C\C/C=C\C/C=C\C/C=C\CC. The van der Waals surface area contributed by atoms with E-state index in [1.165, 1.54) is 109 Å². The Kier molecular flexibility index (Phi) is 64.3. The lowest BCUT2D eigenvalue weighted by molar-refractivity contribution is -0.167. The Morgan fingerprint density at radius 3 is 0.753 bits per heavy atom. The third-order valence-electron chi connectivity index (χ3n) is 14.2. The van der Waals surface area contributed by atoms with Crippen molar-refractivity contribution >= 4 is 17.9 Å². The summed E-state index contributed by atoms with van der Waals surface area (Å²) in [5.41, 5.74) is 0. The smallest absolute Gasteiger partial charge is 0.306 e. The summed E-state index contributed by atoms with van der Waals surface area (Å²) in [4.78, 5) is 38.0. The van der Waals surface area contributed by atoms with E-state index in [1.807, 2.05) is 0 Å². The molecule has 0 aliphatic carbocycles. The molecule has 0 aromatic rings. The molecule has 0 fully saturated rings. The molecule has 0 bridgehead atoms. The first-order chi connectivity index (χ1) is 40.0. The highest BCUT2D eigenvalue weighted by Crippen LogP contribution is 2.16. The van der Waals surface area contributed by atoms with Crippen LogP contribution in [0.2, 0.25) is 0 Å². The van der Waals surface area contributed by atoms with Gasteiger partial charge in [-0.3, -0.25) is 14.4 Å². The van der Waals surface area contributed by atoms with Crippen LogP contribution in [0.1, 0.15) is 303 Å². The highest BCUT2D eigenvalue weighted by atomic mass is 16.6. The van der Waals surface area contributed by atoms with Gasteiger partial charge in [-0.05, 0) is 116 Å². The van der Waals surface area contributed by atoms with Gasteiger partial charge in [-0.2, -0.15) is 0 Å². The van der Waals surface area contributed by atoms with Crippen molar-refractivity contribution in [3.8, 4) is 0 Å². The second-order valence-corrected chi connectivity index (χ2v) is 22.0. The first kappa shape index (κ1) is 76.5. The number of hydrogen-bond acceptors (Lipinski definition) is 6. The minimum atomic E-state index is -0.788. The van der Waals surface area contributed by atoms with Gasteiger partial charge in [0, 0.05) is 19.3 Å². The number of rotatable bonds is 60. The van der Waals surface area contributed by atoms with Crippen molar-refractivity contribution < 1.29 is 28.6 Å². The standard InChI is InChI=1S/C75H124O6/c1-4-7-10-13-15-17-19-21-23-25-27-29-31-33-35-36-37-38-40-41-43-45-47-49-51-53-55-57-59-62-65-68-74(77)80-71-72(70-79-73(76)67-64-61-12-9-6-3)81-75(78)69-66-63-60-58-56-54-52-50-48-46-44-42-39-34-32-30-28-26-24-22-20-18-16-14-11-8-5-2/h7-8,10-11,15-18,21-24,27-30,34,39,44,46,50,52,72H,4-6,9,12-14,19-20,25-26,31-33,35-38,40-43,45,47-49,51,53-71H2,1-3H3/b10-7-,11-8-,17-15-,18-16-,23-21-,24-22-,29-27-,30-28-,39-34-,46-44-,52-50-. The average Bonchev–Trinajstić information content (AvgIpc) is 3.47. The summed E-state index contributed by atoms with van der Waals surface area (Å²) in [6.07, 6.45) is 96.7. The third-order valence-corrected chi connectivity index (χ3v) is 14.2. The van der Waals surface area contributed by atoms with Crippen molar-refractivity contribution in [3.63, 3.8) is 0 Å². The van der Waals surface area contributed by atoms with Gasteiger partial charge < -0.3 is 14.2 Å². The molecule has 1 unspecified atom stereocenters. The number of unbranched alkanes of at least 4 members (excludes halogenated alkanes) is 27. The maximum absolute atomic E-state index is 12.8. The van der Waals surface area contributed by atoms with Crippen LogP contribution in [0.4, 0.5) is 0 Å². The molecule has 0 rings (SSSR count). The fourth-order valence-electron chi connectivity index (χ4n) is 9.18. The van der Waals surface area contributed by atoms with Gasteiger partial charge in [0.25, 0.3) is 0 Å². The van der Waals surface area contributed by atoms with E-state index in [0.717, 1.165) is 154 Å². The zero-order chi connectivity index (χ0) is 58.5. The fourth-order valence-corrected chi connectivity index (χ4v) is 9.18. The molecule has 0 saturated heterocycles. The molecule has 0 radical (unpaired) electrons. The lowest BCUT2D eigenvalue weighted by atomic mass is 10.0. The normalized spacial score (nSPS) is 13.0. The Bertz CT molecular complexity index is 1720. The molecule has 460 valence electrons. The molecule has 0 aliphatic heterocycles. The molecular formula is C75H124O6. The number of ether oxygens (including phenoxy) is 3.